The number of carboxylic acid groups (broad SMARTS) is 1. The molecule has 1 aromatic rings. The Balaban J connectivity index is 2.19. The average Bonchev–Trinajstić information content (AvgIpc) is 2.70. The van der Waals surface area contributed by atoms with E-state index in [-0.39, 0.29) is 18.0 Å². The standard InChI is InChI=1S/C11H17N3O4S/c1-8-10(7-12-13(8)2)19(17,18)14-5-3-9(4-6-14)11(15)16/h7,9H,3-6H2,1-2H3,(H,15,16). The van der Waals surface area contributed by atoms with Crippen molar-refractivity contribution in [1.82, 2.24) is 14.1 Å². The summed E-state index contributed by atoms with van der Waals surface area (Å²) in [6.07, 6.45) is 2.05. The highest BCUT2D eigenvalue weighted by Crippen LogP contribution is 2.25. The van der Waals surface area contributed by atoms with Crippen LogP contribution in [0.2, 0.25) is 0 Å². The molecular formula is C11H17N3O4S. The molecule has 19 heavy (non-hydrogen) atoms. The molecule has 1 saturated heterocycles. The van der Waals surface area contributed by atoms with E-state index in [2.05, 4.69) is 5.10 Å². The van der Waals surface area contributed by atoms with E-state index < -0.39 is 21.9 Å². The normalized spacial score (nSPS) is 18.6. The van der Waals surface area contributed by atoms with Crippen LogP contribution in [0.5, 0.6) is 0 Å². The molecule has 1 aliphatic rings. The fourth-order valence-electron chi connectivity index (χ4n) is 2.21. The highest BCUT2D eigenvalue weighted by Gasteiger charge is 2.33. The van der Waals surface area contributed by atoms with Gasteiger partial charge in [-0.2, -0.15) is 9.40 Å². The SMILES string of the molecule is Cc1c(S(=O)(=O)N2CCC(C(=O)O)CC2)cnn1C. The Hall–Kier alpha value is -1.41. The average molecular weight is 287 g/mol. The van der Waals surface area contributed by atoms with E-state index in [1.165, 1.54) is 15.2 Å². The van der Waals surface area contributed by atoms with Crippen LogP contribution in [0.25, 0.3) is 0 Å². The van der Waals surface area contributed by atoms with Gasteiger partial charge in [-0.05, 0) is 19.8 Å². The molecule has 0 saturated carbocycles. The first-order chi connectivity index (χ1) is 8.84. The van der Waals surface area contributed by atoms with Gasteiger partial charge in [0, 0.05) is 20.1 Å². The fraction of sp³-hybridized carbons (Fsp3) is 0.636. The number of hydrogen-bond acceptors (Lipinski definition) is 4. The van der Waals surface area contributed by atoms with Gasteiger partial charge < -0.3 is 5.11 Å². The van der Waals surface area contributed by atoms with E-state index in [0.717, 1.165) is 0 Å². The highest BCUT2D eigenvalue weighted by atomic mass is 32.2. The van der Waals surface area contributed by atoms with Crippen molar-refractivity contribution in [3.63, 3.8) is 0 Å². The zero-order valence-electron chi connectivity index (χ0n) is 10.9. The van der Waals surface area contributed by atoms with Crippen molar-refractivity contribution in [1.29, 1.82) is 0 Å². The van der Waals surface area contributed by atoms with Crippen LogP contribution in [0.3, 0.4) is 0 Å². The Morgan fingerprint density at radius 1 is 1.42 bits per heavy atom. The number of hydrogen-bond donors (Lipinski definition) is 1. The first-order valence-corrected chi connectivity index (χ1v) is 7.49. The van der Waals surface area contributed by atoms with Crippen molar-refractivity contribution in [2.75, 3.05) is 13.1 Å². The minimum atomic E-state index is -3.56. The minimum absolute atomic E-state index is 0.198. The molecule has 0 radical (unpaired) electrons. The maximum absolute atomic E-state index is 12.4. The molecule has 0 spiro atoms. The third kappa shape index (κ3) is 2.50. The lowest BCUT2D eigenvalue weighted by atomic mass is 9.99. The van der Waals surface area contributed by atoms with Gasteiger partial charge in [0.15, 0.2) is 0 Å². The second-order valence-electron chi connectivity index (χ2n) is 4.73. The number of aryl methyl sites for hydroxylation is 1. The third-order valence-corrected chi connectivity index (χ3v) is 5.61. The summed E-state index contributed by atoms with van der Waals surface area (Å²) in [6, 6.07) is 0. The topological polar surface area (TPSA) is 92.5 Å². The van der Waals surface area contributed by atoms with Crippen molar-refractivity contribution in [3.05, 3.63) is 11.9 Å². The number of rotatable bonds is 3. The smallest absolute Gasteiger partial charge is 0.306 e. The highest BCUT2D eigenvalue weighted by molar-refractivity contribution is 7.89. The van der Waals surface area contributed by atoms with Gasteiger partial charge in [-0.25, -0.2) is 8.42 Å². The Morgan fingerprint density at radius 2 is 2.00 bits per heavy atom. The van der Waals surface area contributed by atoms with Gasteiger partial charge in [0.25, 0.3) is 0 Å². The van der Waals surface area contributed by atoms with Gasteiger partial charge in [-0.15, -0.1) is 0 Å². The largest absolute Gasteiger partial charge is 0.481 e. The first kappa shape index (κ1) is 14.0. The molecule has 0 amide bonds. The van der Waals surface area contributed by atoms with Gasteiger partial charge in [0.05, 0.1) is 17.8 Å². The molecule has 2 rings (SSSR count). The Kier molecular flexibility index (Phi) is 3.64. The number of nitrogens with zero attached hydrogens (tertiary/aromatic N) is 3. The Labute approximate surface area is 111 Å². The molecule has 1 N–H and O–H groups in total. The van der Waals surface area contributed by atoms with E-state index in [1.54, 1.807) is 14.0 Å². The lowest BCUT2D eigenvalue weighted by Crippen LogP contribution is -2.40. The van der Waals surface area contributed by atoms with Crippen LogP contribution in [0.15, 0.2) is 11.1 Å². The van der Waals surface area contributed by atoms with Crippen LogP contribution in [-0.4, -0.2) is 46.7 Å². The summed E-state index contributed by atoms with van der Waals surface area (Å²) in [4.78, 5) is 11.1. The summed E-state index contributed by atoms with van der Waals surface area (Å²) in [5.41, 5.74) is 0.584. The van der Waals surface area contributed by atoms with Crippen LogP contribution in [0, 0.1) is 12.8 Å². The number of carbonyl (C=O) groups is 1. The molecule has 7 nitrogen and oxygen atoms in total. The Morgan fingerprint density at radius 3 is 2.42 bits per heavy atom. The van der Waals surface area contributed by atoms with Crippen molar-refractivity contribution < 1.29 is 18.3 Å². The van der Waals surface area contributed by atoms with Gasteiger partial charge in [0.2, 0.25) is 10.0 Å². The van der Waals surface area contributed by atoms with E-state index >= 15 is 0 Å². The number of aliphatic carboxylic acids is 1. The third-order valence-electron chi connectivity index (χ3n) is 3.61. The summed E-state index contributed by atoms with van der Waals surface area (Å²) in [6.45, 7) is 2.19. The zero-order chi connectivity index (χ0) is 14.2. The van der Waals surface area contributed by atoms with Crippen molar-refractivity contribution in [3.8, 4) is 0 Å². The molecular weight excluding hydrogens is 270 g/mol. The molecule has 0 aromatic carbocycles. The predicted molar refractivity (Wildman–Crippen MR) is 67.1 cm³/mol. The van der Waals surface area contributed by atoms with Crippen LogP contribution in [0.1, 0.15) is 18.5 Å². The molecule has 0 unspecified atom stereocenters. The van der Waals surface area contributed by atoms with Crippen LogP contribution in [-0.2, 0) is 21.9 Å². The summed E-state index contributed by atoms with van der Waals surface area (Å²) in [7, 11) is -1.88. The minimum Gasteiger partial charge on any atom is -0.481 e. The molecule has 0 bridgehead atoms. The van der Waals surface area contributed by atoms with Crippen molar-refractivity contribution >= 4 is 16.0 Å². The zero-order valence-corrected chi connectivity index (χ0v) is 11.7. The molecule has 0 atom stereocenters. The molecule has 1 fully saturated rings. The summed E-state index contributed by atoms with van der Waals surface area (Å²) in [5, 5.41) is 12.8. The number of carboxylic acids is 1. The first-order valence-electron chi connectivity index (χ1n) is 6.05. The molecule has 0 aliphatic carbocycles. The van der Waals surface area contributed by atoms with Crippen molar-refractivity contribution in [2.24, 2.45) is 13.0 Å². The predicted octanol–water partition coefficient (Wildman–Crippen LogP) is 0.214. The monoisotopic (exact) mass is 287 g/mol. The molecule has 1 aromatic heterocycles. The van der Waals surface area contributed by atoms with Crippen molar-refractivity contribution in [2.45, 2.75) is 24.7 Å². The Bertz CT molecular complexity index is 585. The van der Waals surface area contributed by atoms with Gasteiger partial charge in [0.1, 0.15) is 4.90 Å². The van der Waals surface area contributed by atoms with E-state index in [0.29, 0.717) is 18.5 Å². The molecule has 106 valence electrons. The van der Waals surface area contributed by atoms with Gasteiger partial charge in [-0.1, -0.05) is 0 Å². The molecule has 1 aliphatic heterocycles. The molecule has 8 heteroatoms. The quantitative estimate of drug-likeness (QED) is 0.858. The maximum Gasteiger partial charge on any atom is 0.306 e. The maximum atomic E-state index is 12.4. The van der Waals surface area contributed by atoms with E-state index in [1.807, 2.05) is 0 Å². The number of piperidine rings is 1. The van der Waals surface area contributed by atoms with Crippen LogP contribution in [0.4, 0.5) is 0 Å². The number of sulfonamides is 1. The fourth-order valence-corrected chi connectivity index (χ4v) is 3.87. The summed E-state index contributed by atoms with van der Waals surface area (Å²) in [5.74, 6) is -1.30. The van der Waals surface area contributed by atoms with Crippen LogP contribution >= 0.6 is 0 Å². The second kappa shape index (κ2) is 4.93. The summed E-state index contributed by atoms with van der Waals surface area (Å²) < 4.78 is 27.7. The van der Waals surface area contributed by atoms with E-state index in [9.17, 15) is 13.2 Å². The molecule has 2 heterocycles. The summed E-state index contributed by atoms with van der Waals surface area (Å²) >= 11 is 0. The second-order valence-corrected chi connectivity index (χ2v) is 6.64. The lowest BCUT2D eigenvalue weighted by Gasteiger charge is -2.29. The van der Waals surface area contributed by atoms with Gasteiger partial charge in [-0.3, -0.25) is 9.48 Å². The van der Waals surface area contributed by atoms with Gasteiger partial charge >= 0.3 is 5.97 Å². The number of aromatic nitrogens is 2. The lowest BCUT2D eigenvalue weighted by molar-refractivity contribution is -0.142. The van der Waals surface area contributed by atoms with Crippen LogP contribution < -0.4 is 0 Å². The van der Waals surface area contributed by atoms with E-state index in [4.69, 9.17) is 5.11 Å².